The average molecular weight is 785 g/mol. The summed E-state index contributed by atoms with van der Waals surface area (Å²) in [5.41, 5.74) is 8.15. The zero-order valence-corrected chi connectivity index (χ0v) is 33.6. The minimum atomic E-state index is -2.21. The van der Waals surface area contributed by atoms with Crippen molar-refractivity contribution in [3.63, 3.8) is 0 Å². The molecule has 1 fully saturated rings. The van der Waals surface area contributed by atoms with E-state index in [9.17, 15) is 9.28 Å². The summed E-state index contributed by atoms with van der Waals surface area (Å²) in [4.78, 5) is 14.6. The Bertz CT molecular complexity index is 1540. The maximum atomic E-state index is 14.5. The van der Waals surface area contributed by atoms with Gasteiger partial charge in [0, 0.05) is 18.7 Å². The first-order valence-electron chi connectivity index (χ1n) is 20.1. The van der Waals surface area contributed by atoms with E-state index >= 15 is 0 Å². The topological polar surface area (TPSA) is 170 Å². The number of nitrogens with two attached hydrogens (primary N) is 1. The predicted octanol–water partition coefficient (Wildman–Crippen LogP) is 9.80. The van der Waals surface area contributed by atoms with Crippen LogP contribution in [0, 0.1) is 29.0 Å². The number of nitrogens with zero attached hydrogens (tertiary/aromatic N) is 5. The Morgan fingerprint density at radius 1 is 0.945 bits per heavy atom. The Kier molecular flexibility index (Phi) is 23.6. The fraction of sp³-hybridized carbons (Fsp3) is 0.659. The number of fused-ring (bicyclic) bond motifs is 1. The second-order valence-electron chi connectivity index (χ2n) is 14.1. The molecule has 0 bridgehead atoms. The summed E-state index contributed by atoms with van der Waals surface area (Å²) < 4.78 is 45.6. The van der Waals surface area contributed by atoms with Crippen molar-refractivity contribution in [1.29, 1.82) is 10.5 Å². The number of halogens is 1. The summed E-state index contributed by atoms with van der Waals surface area (Å²) in [6.07, 6.45) is 22.9. The summed E-state index contributed by atoms with van der Waals surface area (Å²) in [6.45, 7) is 6.73. The molecule has 0 radical (unpaired) electrons. The van der Waals surface area contributed by atoms with Crippen LogP contribution in [-0.4, -0.2) is 58.1 Å². The molecule has 55 heavy (non-hydrogen) atoms. The highest BCUT2D eigenvalue weighted by atomic mass is 31.2. The average Bonchev–Trinajstić information content (AvgIpc) is 3.86. The van der Waals surface area contributed by atoms with Crippen molar-refractivity contribution in [2.75, 3.05) is 32.2 Å². The number of rotatable bonds is 29. The Labute approximate surface area is 328 Å². The number of benzene rings is 1. The monoisotopic (exact) mass is 784 g/mol. The number of unbranched alkanes of at least 4 members (excludes halogenated alkanes) is 15. The van der Waals surface area contributed by atoms with Gasteiger partial charge in [-0.15, -0.1) is 0 Å². The lowest BCUT2D eigenvalue weighted by atomic mass is 10.0. The highest BCUT2D eigenvalue weighted by molar-refractivity contribution is 7.40. The van der Waals surface area contributed by atoms with Crippen molar-refractivity contribution in [2.24, 2.45) is 0 Å². The minimum absolute atomic E-state index is 0.00445. The van der Waals surface area contributed by atoms with Gasteiger partial charge in [-0.2, -0.15) is 10.4 Å². The van der Waals surface area contributed by atoms with E-state index in [-0.39, 0.29) is 44.2 Å². The molecule has 0 spiro atoms. The molecule has 2 aromatic heterocycles. The van der Waals surface area contributed by atoms with Crippen LogP contribution in [0.1, 0.15) is 145 Å². The van der Waals surface area contributed by atoms with Gasteiger partial charge in [0.1, 0.15) is 29.9 Å². The van der Waals surface area contributed by atoms with Crippen molar-refractivity contribution in [3.8, 4) is 12.6 Å². The van der Waals surface area contributed by atoms with Crippen LogP contribution < -0.4 is 5.73 Å². The van der Waals surface area contributed by atoms with Gasteiger partial charge in [0.25, 0.3) is 0 Å². The first kappa shape index (κ1) is 46.1. The third kappa shape index (κ3) is 17.6. The van der Waals surface area contributed by atoms with E-state index in [0.717, 1.165) is 36.9 Å². The quantitative estimate of drug-likeness (QED) is 0.0507. The predicted molar refractivity (Wildman–Crippen MR) is 212 cm³/mol. The van der Waals surface area contributed by atoms with Crippen molar-refractivity contribution >= 4 is 19.9 Å². The minimum Gasteiger partial charge on any atom is -0.382 e. The lowest BCUT2D eigenvalue weighted by Gasteiger charge is -2.21. The number of nitriles is 2. The van der Waals surface area contributed by atoms with Crippen LogP contribution in [0.25, 0.3) is 5.52 Å². The third-order valence-corrected chi connectivity index (χ3v) is 10.5. The molecule has 3 N–H and O–H groups in total. The maximum Gasteiger partial charge on any atom is 0.330 e. The fourth-order valence-corrected chi connectivity index (χ4v) is 7.31. The lowest BCUT2D eigenvalue weighted by Crippen LogP contribution is -2.26. The number of hydrogen-bond acceptors (Lipinski definition) is 11. The van der Waals surface area contributed by atoms with Crippen LogP contribution in [0.15, 0.2) is 36.7 Å². The summed E-state index contributed by atoms with van der Waals surface area (Å²) >= 11 is 0. The molecule has 4 atom stereocenters. The normalized spacial score (nSPS) is 16.4. The molecular weight excluding hydrogens is 722 g/mol. The van der Waals surface area contributed by atoms with E-state index in [1.807, 2.05) is 18.2 Å². The van der Waals surface area contributed by atoms with Gasteiger partial charge >= 0.3 is 8.60 Å². The molecule has 4 unspecified atom stereocenters. The van der Waals surface area contributed by atoms with Gasteiger partial charge in [-0.3, -0.25) is 0 Å². The Morgan fingerprint density at radius 2 is 1.60 bits per heavy atom. The summed E-state index contributed by atoms with van der Waals surface area (Å²) in [6, 6.07) is 10.0. The molecule has 12 nitrogen and oxygen atoms in total. The zero-order chi connectivity index (χ0) is 39.5. The van der Waals surface area contributed by atoms with E-state index in [4.69, 9.17) is 39.5 Å². The van der Waals surface area contributed by atoms with E-state index in [2.05, 4.69) is 23.6 Å². The van der Waals surface area contributed by atoms with E-state index in [0.29, 0.717) is 18.0 Å². The number of hydrogen-bond donors (Lipinski definition) is 2. The molecule has 1 saturated heterocycles. The summed E-state index contributed by atoms with van der Waals surface area (Å²) in [7, 11) is -2.21. The van der Waals surface area contributed by atoms with Gasteiger partial charge in [-0.25, -0.2) is 19.2 Å². The molecule has 3 aromatic rings. The first-order valence-corrected chi connectivity index (χ1v) is 21.2. The third-order valence-electron chi connectivity index (χ3n) is 9.79. The number of ether oxygens (including phenoxy) is 3. The van der Waals surface area contributed by atoms with E-state index in [1.165, 1.54) is 102 Å². The number of aromatic nitrogens is 3. The molecule has 0 saturated carbocycles. The van der Waals surface area contributed by atoms with Crippen molar-refractivity contribution in [2.45, 2.75) is 147 Å². The second kappa shape index (κ2) is 28.2. The van der Waals surface area contributed by atoms with Crippen LogP contribution >= 0.6 is 8.60 Å². The van der Waals surface area contributed by atoms with Crippen LogP contribution in [0.4, 0.5) is 10.2 Å². The molecule has 1 aliphatic heterocycles. The molecule has 3 heterocycles. The van der Waals surface area contributed by atoms with Crippen LogP contribution in [-0.2, 0) is 29.9 Å². The second-order valence-corrected chi connectivity index (χ2v) is 15.1. The van der Waals surface area contributed by atoms with Gasteiger partial charge in [-0.1, -0.05) is 109 Å². The van der Waals surface area contributed by atoms with E-state index < -0.39 is 20.5 Å². The van der Waals surface area contributed by atoms with Gasteiger partial charge < -0.3 is 33.9 Å². The summed E-state index contributed by atoms with van der Waals surface area (Å²) in [5.74, 6) is -0.105. The molecular formula is C41H62FN6O6P. The maximum absolute atomic E-state index is 14.5. The lowest BCUT2D eigenvalue weighted by molar-refractivity contribution is -0.0499. The van der Waals surface area contributed by atoms with Crippen LogP contribution in [0.5, 0.6) is 0 Å². The molecule has 304 valence electrons. The van der Waals surface area contributed by atoms with Gasteiger partial charge in [0.15, 0.2) is 5.82 Å². The standard InChI is InChI=1S/C40H61FN5O6P.CHN/c1-2-3-4-5-6-7-8-9-10-11-12-13-14-15-16-17-24-48-28-35(49-27-33-19-18-32(26-42)25-36(33)41)30-51-53(47)50-29-34-20-23-39(52-34)37-21-22-38-40(43)44-31-45-46(37)38;1-2/h18-19,21-22,25,31,34-35,39,47H,2-17,20,23-24,27-30H2,1H3,(H2,43,44,45);1H. The highest BCUT2D eigenvalue weighted by Crippen LogP contribution is 2.38. The van der Waals surface area contributed by atoms with Crippen molar-refractivity contribution in [3.05, 3.63) is 59.3 Å². The number of nitrogen functional groups attached to an aromatic ring is 1. The van der Waals surface area contributed by atoms with Gasteiger partial charge in [0.05, 0.1) is 49.9 Å². The Balaban J connectivity index is 0.00000399. The fourth-order valence-electron chi connectivity index (χ4n) is 6.65. The molecule has 0 amide bonds. The molecule has 1 aliphatic rings. The van der Waals surface area contributed by atoms with Gasteiger partial charge in [0.2, 0.25) is 0 Å². The van der Waals surface area contributed by atoms with Gasteiger partial charge in [-0.05, 0) is 43.5 Å². The largest absolute Gasteiger partial charge is 0.382 e. The number of anilines is 1. The molecule has 14 heteroatoms. The smallest absolute Gasteiger partial charge is 0.330 e. The molecule has 4 rings (SSSR count). The Morgan fingerprint density at radius 3 is 2.24 bits per heavy atom. The van der Waals surface area contributed by atoms with Crippen LogP contribution in [0.2, 0.25) is 0 Å². The van der Waals surface area contributed by atoms with E-state index in [1.54, 1.807) is 16.6 Å². The Hall–Kier alpha value is -3.26. The van der Waals surface area contributed by atoms with Crippen LogP contribution in [0.3, 0.4) is 0 Å². The molecule has 1 aromatic carbocycles. The van der Waals surface area contributed by atoms with Crippen molar-refractivity contribution < 1.29 is 32.5 Å². The highest BCUT2D eigenvalue weighted by Gasteiger charge is 2.30. The van der Waals surface area contributed by atoms with Crippen molar-refractivity contribution in [1.82, 2.24) is 14.6 Å². The zero-order valence-electron chi connectivity index (χ0n) is 32.7. The SMILES string of the molecule is C#N.CCCCCCCCCCCCCCCCCCOCC(COP(O)OCC1CCC(c2ccc3c(N)ncnn23)O1)OCc1ccc(C#N)cc1F. The first-order chi connectivity index (χ1) is 27.0. The summed E-state index contributed by atoms with van der Waals surface area (Å²) in [5, 5.41) is 19.9. The molecule has 0 aliphatic carbocycles.